The van der Waals surface area contributed by atoms with Gasteiger partial charge in [-0.05, 0) is 37.2 Å². The topological polar surface area (TPSA) is 41.5 Å². The largest absolute Gasteiger partial charge is 0.391 e. The Bertz CT molecular complexity index is 456. The van der Waals surface area contributed by atoms with Gasteiger partial charge in [0, 0.05) is 6.04 Å². The molecule has 1 saturated carbocycles. The maximum absolute atomic E-state index is 10.6. The average Bonchev–Trinajstić information content (AvgIpc) is 2.89. The van der Waals surface area contributed by atoms with Gasteiger partial charge in [-0.15, -0.1) is 0 Å². The van der Waals surface area contributed by atoms with Gasteiger partial charge in [0.2, 0.25) is 0 Å². The molecule has 0 radical (unpaired) electrons. The Morgan fingerprint density at radius 3 is 2.48 bits per heavy atom. The van der Waals surface area contributed by atoms with Gasteiger partial charge in [0.05, 0.1) is 24.4 Å². The van der Waals surface area contributed by atoms with Crippen LogP contribution >= 0.6 is 0 Å². The summed E-state index contributed by atoms with van der Waals surface area (Å²) in [7, 11) is 0. The Kier molecular flexibility index (Phi) is 4.34. The van der Waals surface area contributed by atoms with Crippen molar-refractivity contribution in [3.05, 3.63) is 35.9 Å². The zero-order valence-electron chi connectivity index (χ0n) is 13.1. The molecule has 3 atom stereocenters. The molecule has 116 valence electrons. The third-order valence-corrected chi connectivity index (χ3v) is 5.07. The molecule has 1 aromatic carbocycles. The number of rotatable bonds is 5. The van der Waals surface area contributed by atoms with E-state index >= 15 is 0 Å². The normalized spacial score (nSPS) is 26.8. The lowest BCUT2D eigenvalue weighted by Crippen LogP contribution is -2.43. The van der Waals surface area contributed by atoms with Crippen LogP contribution in [0.4, 0.5) is 0 Å². The first kappa shape index (κ1) is 15.0. The SMILES string of the molecule is CC(C)C(O)C(NC1COC2(CCC2)C1)c1ccccc1. The molecule has 1 spiro atoms. The highest BCUT2D eigenvalue weighted by Crippen LogP contribution is 2.43. The second-order valence-corrected chi connectivity index (χ2v) is 7.04. The minimum absolute atomic E-state index is 0.0185. The second kappa shape index (κ2) is 6.07. The van der Waals surface area contributed by atoms with E-state index in [2.05, 4.69) is 31.3 Å². The summed E-state index contributed by atoms with van der Waals surface area (Å²) in [5.74, 6) is 0.225. The third kappa shape index (κ3) is 3.15. The summed E-state index contributed by atoms with van der Waals surface area (Å²) < 4.78 is 6.02. The monoisotopic (exact) mass is 289 g/mol. The van der Waals surface area contributed by atoms with Crippen LogP contribution in [0.3, 0.4) is 0 Å². The minimum atomic E-state index is -0.384. The first-order valence-corrected chi connectivity index (χ1v) is 8.23. The third-order valence-electron chi connectivity index (χ3n) is 5.07. The van der Waals surface area contributed by atoms with E-state index in [0.29, 0.717) is 6.04 Å². The van der Waals surface area contributed by atoms with Gasteiger partial charge in [0.1, 0.15) is 0 Å². The molecular formula is C18H27NO2. The molecule has 2 fully saturated rings. The molecule has 0 amide bonds. The van der Waals surface area contributed by atoms with E-state index in [0.717, 1.165) is 18.6 Å². The number of ether oxygens (including phenoxy) is 1. The predicted molar refractivity (Wildman–Crippen MR) is 84.1 cm³/mol. The molecule has 1 aliphatic heterocycles. The van der Waals surface area contributed by atoms with Gasteiger partial charge in [0.25, 0.3) is 0 Å². The van der Waals surface area contributed by atoms with E-state index in [1.165, 1.54) is 19.3 Å². The predicted octanol–water partition coefficient (Wildman–Crippen LogP) is 3.05. The van der Waals surface area contributed by atoms with Crippen LogP contribution in [0, 0.1) is 5.92 Å². The summed E-state index contributed by atoms with van der Waals surface area (Å²) in [5, 5.41) is 14.3. The average molecular weight is 289 g/mol. The van der Waals surface area contributed by atoms with Crippen LogP contribution in [0.1, 0.15) is 51.1 Å². The Morgan fingerprint density at radius 1 is 1.24 bits per heavy atom. The highest BCUT2D eigenvalue weighted by Gasteiger charge is 2.45. The molecule has 3 rings (SSSR count). The van der Waals surface area contributed by atoms with E-state index in [9.17, 15) is 5.11 Å². The quantitative estimate of drug-likeness (QED) is 0.875. The van der Waals surface area contributed by atoms with Crippen LogP contribution in [0.5, 0.6) is 0 Å². The van der Waals surface area contributed by atoms with Crippen molar-refractivity contribution in [1.29, 1.82) is 0 Å². The number of aliphatic hydroxyl groups excluding tert-OH is 1. The van der Waals surface area contributed by atoms with Gasteiger partial charge < -0.3 is 15.2 Å². The van der Waals surface area contributed by atoms with E-state index in [1.807, 2.05) is 18.2 Å². The van der Waals surface area contributed by atoms with Crippen molar-refractivity contribution in [3.63, 3.8) is 0 Å². The molecule has 1 aliphatic carbocycles. The fourth-order valence-corrected chi connectivity index (χ4v) is 3.56. The van der Waals surface area contributed by atoms with Crippen molar-refractivity contribution in [2.75, 3.05) is 6.61 Å². The number of hydrogen-bond acceptors (Lipinski definition) is 3. The molecule has 2 aliphatic rings. The smallest absolute Gasteiger partial charge is 0.0757 e. The molecule has 0 aromatic heterocycles. The summed E-state index contributed by atoms with van der Waals surface area (Å²) in [6.45, 7) is 4.91. The highest BCUT2D eigenvalue weighted by atomic mass is 16.5. The zero-order valence-corrected chi connectivity index (χ0v) is 13.1. The van der Waals surface area contributed by atoms with Gasteiger partial charge in [-0.1, -0.05) is 44.2 Å². The fourth-order valence-electron chi connectivity index (χ4n) is 3.56. The first-order valence-electron chi connectivity index (χ1n) is 8.23. The fraction of sp³-hybridized carbons (Fsp3) is 0.667. The minimum Gasteiger partial charge on any atom is -0.391 e. The van der Waals surface area contributed by atoms with E-state index in [4.69, 9.17) is 4.74 Å². The van der Waals surface area contributed by atoms with Crippen LogP contribution in [0.2, 0.25) is 0 Å². The molecule has 1 saturated heterocycles. The van der Waals surface area contributed by atoms with Gasteiger partial charge >= 0.3 is 0 Å². The lowest BCUT2D eigenvalue weighted by atomic mass is 9.77. The van der Waals surface area contributed by atoms with E-state index in [1.54, 1.807) is 0 Å². The van der Waals surface area contributed by atoms with Crippen molar-refractivity contribution in [2.24, 2.45) is 5.92 Å². The summed E-state index contributed by atoms with van der Waals surface area (Å²) in [6, 6.07) is 10.6. The van der Waals surface area contributed by atoms with Gasteiger partial charge in [-0.25, -0.2) is 0 Å². The van der Waals surface area contributed by atoms with E-state index in [-0.39, 0.29) is 23.7 Å². The van der Waals surface area contributed by atoms with Crippen molar-refractivity contribution in [2.45, 2.75) is 63.3 Å². The maximum atomic E-state index is 10.6. The number of aliphatic hydroxyl groups is 1. The Hall–Kier alpha value is -0.900. The molecule has 3 heteroatoms. The maximum Gasteiger partial charge on any atom is 0.0757 e. The Balaban J connectivity index is 1.71. The van der Waals surface area contributed by atoms with Crippen LogP contribution in [0.25, 0.3) is 0 Å². The summed E-state index contributed by atoms with van der Waals surface area (Å²) in [5.41, 5.74) is 1.31. The van der Waals surface area contributed by atoms with Crippen LogP contribution in [0.15, 0.2) is 30.3 Å². The van der Waals surface area contributed by atoms with Crippen molar-refractivity contribution >= 4 is 0 Å². The Morgan fingerprint density at radius 2 is 1.95 bits per heavy atom. The number of hydrogen-bond donors (Lipinski definition) is 2. The highest BCUT2D eigenvalue weighted by molar-refractivity contribution is 5.21. The van der Waals surface area contributed by atoms with E-state index < -0.39 is 0 Å². The zero-order chi connectivity index (χ0) is 14.9. The first-order chi connectivity index (χ1) is 10.1. The van der Waals surface area contributed by atoms with Crippen LogP contribution in [-0.4, -0.2) is 29.5 Å². The molecule has 3 nitrogen and oxygen atoms in total. The lowest BCUT2D eigenvalue weighted by Gasteiger charge is -2.37. The van der Waals surface area contributed by atoms with Gasteiger partial charge in [-0.2, -0.15) is 0 Å². The summed E-state index contributed by atoms with van der Waals surface area (Å²) in [6.07, 6.45) is 4.40. The van der Waals surface area contributed by atoms with Crippen LogP contribution < -0.4 is 5.32 Å². The molecule has 1 heterocycles. The van der Waals surface area contributed by atoms with Crippen molar-refractivity contribution in [3.8, 4) is 0 Å². The lowest BCUT2D eigenvalue weighted by molar-refractivity contribution is -0.0563. The van der Waals surface area contributed by atoms with Crippen LogP contribution in [-0.2, 0) is 4.74 Å². The standard InChI is InChI=1S/C18H27NO2/c1-13(2)17(20)16(14-7-4-3-5-8-14)19-15-11-18(21-12-15)9-6-10-18/h3-5,7-8,13,15-17,19-20H,6,9-12H2,1-2H3. The summed E-state index contributed by atoms with van der Waals surface area (Å²) in [4.78, 5) is 0. The molecule has 3 unspecified atom stereocenters. The number of nitrogens with one attached hydrogen (secondary N) is 1. The molecule has 2 N–H and O–H groups in total. The van der Waals surface area contributed by atoms with Gasteiger partial charge in [-0.3, -0.25) is 0 Å². The molecule has 0 bridgehead atoms. The molecule has 1 aromatic rings. The number of benzene rings is 1. The molecular weight excluding hydrogens is 262 g/mol. The van der Waals surface area contributed by atoms with Crippen molar-refractivity contribution in [1.82, 2.24) is 5.32 Å². The Labute approximate surface area is 127 Å². The summed E-state index contributed by atoms with van der Waals surface area (Å²) >= 11 is 0. The molecule has 21 heavy (non-hydrogen) atoms. The second-order valence-electron chi connectivity index (χ2n) is 7.04. The van der Waals surface area contributed by atoms with Gasteiger partial charge in [0.15, 0.2) is 0 Å². The van der Waals surface area contributed by atoms with Crippen molar-refractivity contribution < 1.29 is 9.84 Å².